The third kappa shape index (κ3) is 10.7. The maximum atomic E-state index is 7.35. The summed E-state index contributed by atoms with van der Waals surface area (Å²) in [5.41, 5.74) is 8.20. The fourth-order valence-electron chi connectivity index (χ4n) is 8.07. The Labute approximate surface area is 359 Å². The number of rotatable bonds is 18. The molecule has 0 aromatic heterocycles. The smallest absolute Gasteiger partial charge is 0.129 e. The Morgan fingerprint density at radius 1 is 0.600 bits per heavy atom. The predicted molar refractivity (Wildman–Crippen MR) is 234 cm³/mol. The van der Waals surface area contributed by atoms with Crippen molar-refractivity contribution in [1.82, 2.24) is 0 Å². The van der Waals surface area contributed by atoms with Gasteiger partial charge < -0.3 is 33.2 Å². The molecule has 60 heavy (non-hydrogen) atoms. The van der Waals surface area contributed by atoms with Crippen LogP contribution in [-0.2, 0) is 63.0 Å². The Balaban J connectivity index is 1.21. The van der Waals surface area contributed by atoms with Crippen molar-refractivity contribution in [2.24, 2.45) is 0 Å². The van der Waals surface area contributed by atoms with Gasteiger partial charge in [-0.25, -0.2) is 0 Å². The highest BCUT2D eigenvalue weighted by Gasteiger charge is 2.50. The summed E-state index contributed by atoms with van der Waals surface area (Å²) in [5.74, 6) is 1.60. The highest BCUT2D eigenvalue weighted by atomic mass is 35.5. The van der Waals surface area contributed by atoms with Crippen LogP contribution in [0.4, 0.5) is 0 Å². The summed E-state index contributed by atoms with van der Waals surface area (Å²) in [4.78, 5) is 0. The molecule has 0 N–H and O–H groups in total. The third-order valence-corrected chi connectivity index (χ3v) is 11.5. The normalized spacial score (nSPS) is 19.9. The fourth-order valence-corrected chi connectivity index (χ4v) is 8.37. The summed E-state index contributed by atoms with van der Waals surface area (Å²) >= 11 is 7.33. The van der Waals surface area contributed by atoms with Crippen molar-refractivity contribution in [2.45, 2.75) is 83.1 Å². The summed E-state index contributed by atoms with van der Waals surface area (Å²) in [5, 5.41) is 0.726. The van der Waals surface area contributed by atoms with E-state index in [4.69, 9.17) is 44.8 Å². The molecule has 0 saturated carbocycles. The summed E-state index contributed by atoms with van der Waals surface area (Å²) in [7, 11) is 0. The molecule has 0 radical (unpaired) electrons. The molecule has 0 bridgehead atoms. The van der Waals surface area contributed by atoms with E-state index in [9.17, 15) is 0 Å². The summed E-state index contributed by atoms with van der Waals surface area (Å²) in [6, 6.07) is 51.2. The lowest BCUT2D eigenvalue weighted by Gasteiger charge is -2.47. The van der Waals surface area contributed by atoms with Gasteiger partial charge in [-0.15, -0.1) is 0 Å². The quantitative estimate of drug-likeness (QED) is 0.0855. The topological polar surface area (TPSA) is 64.6 Å². The first-order chi connectivity index (χ1) is 29.6. The van der Waals surface area contributed by atoms with Crippen molar-refractivity contribution in [1.29, 1.82) is 0 Å². The molecule has 310 valence electrons. The van der Waals surface area contributed by atoms with Gasteiger partial charge in [0.2, 0.25) is 0 Å². The van der Waals surface area contributed by atoms with Crippen molar-refractivity contribution in [3.63, 3.8) is 0 Å². The number of hydrogen-bond donors (Lipinski definition) is 0. The van der Waals surface area contributed by atoms with Crippen molar-refractivity contribution in [2.75, 3.05) is 19.8 Å². The van der Waals surface area contributed by atoms with Crippen LogP contribution >= 0.6 is 11.6 Å². The van der Waals surface area contributed by atoms with Crippen LogP contribution in [0.3, 0.4) is 0 Å². The van der Waals surface area contributed by atoms with Crippen LogP contribution in [0.25, 0.3) is 0 Å². The van der Waals surface area contributed by atoms with Gasteiger partial charge in [0.15, 0.2) is 0 Å². The second kappa shape index (κ2) is 21.0. The lowest BCUT2D eigenvalue weighted by Crippen LogP contribution is -2.58. The van der Waals surface area contributed by atoms with Crippen molar-refractivity contribution < 1.29 is 33.2 Å². The molecule has 8 heteroatoms. The van der Waals surface area contributed by atoms with E-state index >= 15 is 0 Å². The van der Waals surface area contributed by atoms with Gasteiger partial charge in [0, 0.05) is 11.1 Å². The van der Waals surface area contributed by atoms with E-state index in [1.165, 1.54) is 0 Å². The van der Waals surface area contributed by atoms with Crippen LogP contribution < -0.4 is 9.47 Å². The molecule has 0 amide bonds. The molecule has 1 fully saturated rings. The maximum absolute atomic E-state index is 7.35. The maximum Gasteiger partial charge on any atom is 0.129 e. The molecule has 1 saturated heterocycles. The Bertz CT molecular complexity index is 2200. The van der Waals surface area contributed by atoms with Gasteiger partial charge in [0.05, 0.1) is 51.3 Å². The molecule has 5 atom stereocenters. The van der Waals surface area contributed by atoms with Crippen LogP contribution in [0.15, 0.2) is 152 Å². The lowest BCUT2D eigenvalue weighted by atomic mass is 9.86. The van der Waals surface area contributed by atoms with Gasteiger partial charge in [-0.05, 0) is 77.8 Å². The average Bonchev–Trinajstić information content (AvgIpc) is 3.30. The molecular weight excluding hydrogens is 772 g/mol. The monoisotopic (exact) mass is 824 g/mol. The minimum atomic E-state index is -0.625. The van der Waals surface area contributed by atoms with E-state index in [2.05, 4.69) is 66.7 Å². The van der Waals surface area contributed by atoms with Gasteiger partial charge in [-0.2, -0.15) is 0 Å². The second-order valence-corrected chi connectivity index (χ2v) is 15.7. The van der Waals surface area contributed by atoms with Gasteiger partial charge in [0.25, 0.3) is 0 Å². The van der Waals surface area contributed by atoms with Crippen LogP contribution in [-0.4, -0.2) is 44.2 Å². The van der Waals surface area contributed by atoms with Crippen LogP contribution in [0.2, 0.25) is 5.02 Å². The molecule has 6 aromatic carbocycles. The first kappa shape index (κ1) is 41.7. The van der Waals surface area contributed by atoms with Crippen molar-refractivity contribution in [3.8, 4) is 11.5 Å². The molecule has 6 aromatic rings. The zero-order valence-electron chi connectivity index (χ0n) is 34.1. The standard InChI is InChI=1S/C52H53ClO7/c1-2-55-43-27-25-37(26-28-43)30-42-31-45(48-44(47(42)53)24-15-29-56-48)49-51(58-34-40-20-11-5-12-21-40)52(59-35-41-22-13-6-14-23-41)50(57-33-39-18-9-4-10-19-39)46(60-49)36-54-32-38-16-7-3-8-17-38/h3-14,16-23,25-28,31,46,49-52H,2,15,24,29-30,32-36H2,1H3. The summed E-state index contributed by atoms with van der Waals surface area (Å²) in [6.45, 7) is 4.92. The Morgan fingerprint density at radius 2 is 1.13 bits per heavy atom. The largest absolute Gasteiger partial charge is 0.494 e. The number of fused-ring (bicyclic) bond motifs is 1. The van der Waals surface area contributed by atoms with Crippen molar-refractivity contribution in [3.05, 3.63) is 201 Å². The molecule has 0 spiro atoms. The summed E-state index contributed by atoms with van der Waals surface area (Å²) < 4.78 is 47.3. The Morgan fingerprint density at radius 3 is 1.70 bits per heavy atom. The lowest BCUT2D eigenvalue weighted by molar-refractivity contribution is -0.275. The van der Waals surface area contributed by atoms with E-state index in [1.807, 2.05) is 91.9 Å². The van der Waals surface area contributed by atoms with E-state index in [0.29, 0.717) is 46.1 Å². The van der Waals surface area contributed by atoms with Gasteiger partial charge >= 0.3 is 0 Å². The fraction of sp³-hybridized carbons (Fsp3) is 0.308. The first-order valence-electron chi connectivity index (χ1n) is 21.1. The number of halogens is 1. The van der Waals surface area contributed by atoms with E-state index < -0.39 is 30.5 Å². The molecular formula is C52H53ClO7. The second-order valence-electron chi connectivity index (χ2n) is 15.3. The minimum Gasteiger partial charge on any atom is -0.494 e. The SMILES string of the molecule is CCOc1ccc(Cc2cc(C3OC(COCc4ccccc4)C(OCc4ccccc4)C(OCc4ccccc4)C3OCc3ccccc3)c3c(c2Cl)CCCO3)cc1. The molecule has 2 aliphatic rings. The van der Waals surface area contributed by atoms with Gasteiger partial charge in [0.1, 0.15) is 42.0 Å². The number of ether oxygens (including phenoxy) is 7. The molecule has 7 nitrogen and oxygen atoms in total. The Kier molecular flexibility index (Phi) is 14.6. The number of hydrogen-bond acceptors (Lipinski definition) is 7. The number of benzene rings is 6. The third-order valence-electron chi connectivity index (χ3n) is 11.0. The van der Waals surface area contributed by atoms with E-state index in [-0.39, 0.29) is 6.61 Å². The van der Waals surface area contributed by atoms with Crippen molar-refractivity contribution >= 4 is 11.6 Å². The van der Waals surface area contributed by atoms with Crippen LogP contribution in [0.5, 0.6) is 11.5 Å². The zero-order chi connectivity index (χ0) is 40.9. The molecule has 0 aliphatic carbocycles. The van der Waals surface area contributed by atoms with Gasteiger partial charge in [-0.3, -0.25) is 0 Å². The summed E-state index contributed by atoms with van der Waals surface area (Å²) in [6.07, 6.45) is -0.639. The molecule has 2 heterocycles. The van der Waals surface area contributed by atoms with E-state index in [0.717, 1.165) is 73.9 Å². The highest BCUT2D eigenvalue weighted by Crippen LogP contribution is 2.47. The van der Waals surface area contributed by atoms with Crippen LogP contribution in [0, 0.1) is 0 Å². The van der Waals surface area contributed by atoms with Gasteiger partial charge in [-0.1, -0.05) is 145 Å². The minimum absolute atomic E-state index is 0.261. The molecule has 5 unspecified atom stereocenters. The van der Waals surface area contributed by atoms with Crippen LogP contribution in [0.1, 0.15) is 64.0 Å². The highest BCUT2D eigenvalue weighted by molar-refractivity contribution is 6.32. The van der Waals surface area contributed by atoms with E-state index in [1.54, 1.807) is 0 Å². The first-order valence-corrected chi connectivity index (χ1v) is 21.4. The molecule has 8 rings (SSSR count). The Hall–Kier alpha value is -4.99. The zero-order valence-corrected chi connectivity index (χ0v) is 34.9. The molecule has 2 aliphatic heterocycles. The predicted octanol–water partition coefficient (Wildman–Crippen LogP) is 11.1. The average molecular weight is 825 g/mol.